The zero-order valence-electron chi connectivity index (χ0n) is 13.6. The van der Waals surface area contributed by atoms with E-state index in [0.717, 1.165) is 0 Å². The third kappa shape index (κ3) is 2.81. The molecule has 6 heteroatoms. The van der Waals surface area contributed by atoms with Crippen LogP contribution in [0.3, 0.4) is 0 Å². The lowest BCUT2D eigenvalue weighted by molar-refractivity contribution is -0.120. The number of carbonyl (C=O) groups excluding carboxylic acids is 2. The van der Waals surface area contributed by atoms with Crippen molar-refractivity contribution in [3.63, 3.8) is 0 Å². The van der Waals surface area contributed by atoms with E-state index in [4.69, 9.17) is 9.47 Å². The third-order valence-electron chi connectivity index (χ3n) is 3.23. The first-order valence-corrected chi connectivity index (χ1v) is 13.6. The number of hydrogen-bond donors (Lipinski definition) is 0. The lowest BCUT2D eigenvalue weighted by Crippen LogP contribution is -2.44. The molecule has 0 aliphatic heterocycles. The highest BCUT2D eigenvalue weighted by molar-refractivity contribution is 6.95. The highest BCUT2D eigenvalue weighted by Crippen LogP contribution is 2.35. The maximum absolute atomic E-state index is 12.8. The molecule has 0 atom stereocenters. The van der Waals surface area contributed by atoms with Crippen molar-refractivity contribution in [1.82, 2.24) is 0 Å². The molecular weight excluding hydrogens is 288 g/mol. The normalized spacial score (nSPS) is 17.8. The Bertz CT molecular complexity index is 470. The van der Waals surface area contributed by atoms with E-state index in [1.165, 1.54) is 14.2 Å². The topological polar surface area (TPSA) is 52.6 Å². The summed E-state index contributed by atoms with van der Waals surface area (Å²) in [5, 5.41) is 1.42. The highest BCUT2D eigenvalue weighted by Gasteiger charge is 2.45. The SMILES string of the molecule is COC1=C(OC)C(=O)C([Si](C)(C)C)=C([Si](C)(C)C)C1=O. The molecule has 0 aromatic heterocycles. The summed E-state index contributed by atoms with van der Waals surface area (Å²) in [5.74, 6) is -0.227. The number of ether oxygens (including phenoxy) is 2. The summed E-state index contributed by atoms with van der Waals surface area (Å²) in [5.41, 5.74) is 0. The van der Waals surface area contributed by atoms with Gasteiger partial charge in [0.2, 0.25) is 23.1 Å². The van der Waals surface area contributed by atoms with Gasteiger partial charge in [-0.05, 0) is 10.4 Å². The van der Waals surface area contributed by atoms with Crippen LogP contribution >= 0.6 is 0 Å². The number of ketones is 2. The van der Waals surface area contributed by atoms with Gasteiger partial charge < -0.3 is 9.47 Å². The van der Waals surface area contributed by atoms with Gasteiger partial charge in [-0.25, -0.2) is 0 Å². The molecule has 0 fully saturated rings. The number of rotatable bonds is 4. The van der Waals surface area contributed by atoms with Gasteiger partial charge in [-0.2, -0.15) is 0 Å². The van der Waals surface area contributed by atoms with Gasteiger partial charge in [0.05, 0.1) is 30.4 Å². The van der Waals surface area contributed by atoms with Gasteiger partial charge in [0.15, 0.2) is 0 Å². The van der Waals surface area contributed by atoms with E-state index in [1.54, 1.807) is 0 Å². The monoisotopic (exact) mass is 312 g/mol. The van der Waals surface area contributed by atoms with E-state index in [9.17, 15) is 9.59 Å². The molecule has 0 radical (unpaired) electrons. The Kier molecular flexibility index (Phi) is 4.50. The first kappa shape index (κ1) is 16.9. The molecule has 0 aromatic carbocycles. The van der Waals surface area contributed by atoms with Crippen molar-refractivity contribution in [1.29, 1.82) is 0 Å². The van der Waals surface area contributed by atoms with Crippen LogP contribution in [-0.4, -0.2) is 41.9 Å². The maximum atomic E-state index is 12.8. The molecule has 4 nitrogen and oxygen atoms in total. The summed E-state index contributed by atoms with van der Waals surface area (Å²) in [6.07, 6.45) is 0. The summed E-state index contributed by atoms with van der Waals surface area (Å²) in [6, 6.07) is 0. The van der Waals surface area contributed by atoms with Crippen LogP contribution in [0, 0.1) is 0 Å². The van der Waals surface area contributed by atoms with E-state index in [0.29, 0.717) is 10.4 Å². The summed E-state index contributed by atoms with van der Waals surface area (Å²) in [4.78, 5) is 25.5. The summed E-state index contributed by atoms with van der Waals surface area (Å²) >= 11 is 0. The molecule has 0 heterocycles. The van der Waals surface area contributed by atoms with E-state index in [1.807, 2.05) is 0 Å². The van der Waals surface area contributed by atoms with E-state index < -0.39 is 16.1 Å². The molecule has 1 rings (SSSR count). The number of hydrogen-bond acceptors (Lipinski definition) is 4. The van der Waals surface area contributed by atoms with Gasteiger partial charge in [-0.15, -0.1) is 0 Å². The van der Waals surface area contributed by atoms with Crippen LogP contribution in [0.15, 0.2) is 21.9 Å². The predicted octanol–water partition coefficient (Wildman–Crippen LogP) is 2.69. The van der Waals surface area contributed by atoms with Gasteiger partial charge in [0.1, 0.15) is 0 Å². The largest absolute Gasteiger partial charge is 0.490 e. The molecule has 0 aromatic rings. The summed E-state index contributed by atoms with van der Waals surface area (Å²) < 4.78 is 10.3. The van der Waals surface area contributed by atoms with Gasteiger partial charge in [0, 0.05) is 0 Å². The molecule has 20 heavy (non-hydrogen) atoms. The van der Waals surface area contributed by atoms with Crippen molar-refractivity contribution in [2.45, 2.75) is 39.3 Å². The average molecular weight is 313 g/mol. The van der Waals surface area contributed by atoms with Gasteiger partial charge in [-0.1, -0.05) is 39.3 Å². The zero-order valence-corrected chi connectivity index (χ0v) is 15.6. The molecule has 0 unspecified atom stereocenters. The van der Waals surface area contributed by atoms with E-state index in [-0.39, 0.29) is 23.1 Å². The molecule has 0 amide bonds. The highest BCUT2D eigenvalue weighted by atomic mass is 28.3. The maximum Gasteiger partial charge on any atom is 0.223 e. The standard InChI is InChI=1S/C14H24O4Si2/c1-17-11-9(15)13(19(3,4)5)14(20(6,7)8)10(16)12(11)18-2/h1-8H3. The molecule has 0 saturated carbocycles. The Morgan fingerprint density at radius 3 is 1.05 bits per heavy atom. The molecule has 112 valence electrons. The minimum atomic E-state index is -1.96. The van der Waals surface area contributed by atoms with Crippen LogP contribution in [-0.2, 0) is 19.1 Å². The Morgan fingerprint density at radius 2 is 0.900 bits per heavy atom. The van der Waals surface area contributed by atoms with Crippen molar-refractivity contribution in [3.05, 3.63) is 21.9 Å². The van der Waals surface area contributed by atoms with Crippen LogP contribution in [0.1, 0.15) is 0 Å². The van der Waals surface area contributed by atoms with Crippen LogP contribution < -0.4 is 0 Å². The van der Waals surface area contributed by atoms with Crippen molar-refractivity contribution in [3.8, 4) is 0 Å². The van der Waals surface area contributed by atoms with Crippen molar-refractivity contribution in [2.75, 3.05) is 14.2 Å². The third-order valence-corrected chi connectivity index (χ3v) is 7.44. The van der Waals surface area contributed by atoms with Crippen molar-refractivity contribution in [2.24, 2.45) is 0 Å². The molecule has 1 aliphatic carbocycles. The fourth-order valence-electron chi connectivity index (χ4n) is 2.46. The van der Waals surface area contributed by atoms with Crippen LogP contribution in [0.2, 0.25) is 39.3 Å². The Labute approximate surface area is 122 Å². The quantitative estimate of drug-likeness (QED) is 0.591. The minimum Gasteiger partial charge on any atom is -0.490 e. The Balaban J connectivity index is 3.71. The zero-order chi connectivity index (χ0) is 15.9. The molecular formula is C14H24O4Si2. The number of methoxy groups -OCH3 is 2. The minimum absolute atomic E-state index is 0.0527. The summed E-state index contributed by atoms with van der Waals surface area (Å²) in [6.45, 7) is 12.5. The fourth-order valence-corrected chi connectivity index (χ4v) is 8.03. The van der Waals surface area contributed by atoms with Gasteiger partial charge in [-0.3, -0.25) is 9.59 Å². The Morgan fingerprint density at radius 1 is 0.650 bits per heavy atom. The lowest BCUT2D eigenvalue weighted by Gasteiger charge is -2.33. The molecule has 0 N–H and O–H groups in total. The van der Waals surface area contributed by atoms with Crippen molar-refractivity contribution < 1.29 is 19.1 Å². The van der Waals surface area contributed by atoms with E-state index >= 15 is 0 Å². The second-order valence-corrected chi connectivity index (χ2v) is 17.0. The molecule has 0 bridgehead atoms. The van der Waals surface area contributed by atoms with Crippen molar-refractivity contribution >= 4 is 27.7 Å². The smallest absolute Gasteiger partial charge is 0.223 e. The van der Waals surface area contributed by atoms with E-state index in [2.05, 4.69) is 39.3 Å². The lowest BCUT2D eigenvalue weighted by atomic mass is 10.1. The van der Waals surface area contributed by atoms with Crippen LogP contribution in [0.5, 0.6) is 0 Å². The molecule has 0 saturated heterocycles. The van der Waals surface area contributed by atoms with Crippen LogP contribution in [0.25, 0.3) is 0 Å². The number of carbonyl (C=O) groups is 2. The summed E-state index contributed by atoms with van der Waals surface area (Å²) in [7, 11) is -1.11. The second-order valence-electron chi connectivity index (χ2n) is 6.97. The molecule has 0 spiro atoms. The average Bonchev–Trinajstić information content (AvgIpc) is 2.27. The molecule has 1 aliphatic rings. The Hall–Kier alpha value is -1.15. The predicted molar refractivity (Wildman–Crippen MR) is 84.8 cm³/mol. The first-order chi connectivity index (χ1) is 8.96. The fraction of sp³-hybridized carbons (Fsp3) is 0.571. The first-order valence-electron chi connectivity index (χ1n) is 6.63. The second kappa shape index (κ2) is 5.33. The number of allylic oxidation sites excluding steroid dienone is 2. The number of Topliss-reactive ketones (excluding diaryl/α,β-unsaturated/α-hetero) is 2. The van der Waals surface area contributed by atoms with Crippen LogP contribution in [0.4, 0.5) is 0 Å². The van der Waals surface area contributed by atoms with Gasteiger partial charge >= 0.3 is 0 Å². The van der Waals surface area contributed by atoms with Gasteiger partial charge in [0.25, 0.3) is 0 Å².